The monoisotopic (exact) mass is 368 g/mol. The number of alkyl halides is 4. The lowest BCUT2D eigenvalue weighted by Crippen LogP contribution is -2.32. The molecule has 0 atom stereocenters. The second-order valence-electron chi connectivity index (χ2n) is 5.04. The second kappa shape index (κ2) is 6.96. The van der Waals surface area contributed by atoms with E-state index in [0.717, 1.165) is 37.5 Å². The number of rotatable bonds is 3. The maximum absolute atomic E-state index is 14.0. The van der Waals surface area contributed by atoms with E-state index in [1.165, 1.54) is 6.07 Å². The SMILES string of the molecule is Fc1cc(C(F)(F)F)ccc1N1CCCN(CCBr)CC1. The lowest BCUT2D eigenvalue weighted by molar-refractivity contribution is -0.137. The van der Waals surface area contributed by atoms with Gasteiger partial charge in [0.2, 0.25) is 0 Å². The highest BCUT2D eigenvalue weighted by molar-refractivity contribution is 9.09. The fourth-order valence-corrected chi connectivity index (χ4v) is 3.00. The molecule has 2 nitrogen and oxygen atoms in total. The third-order valence-electron chi connectivity index (χ3n) is 3.60. The quantitative estimate of drug-likeness (QED) is 0.592. The van der Waals surface area contributed by atoms with Crippen molar-refractivity contribution in [2.24, 2.45) is 0 Å². The predicted octanol–water partition coefficient (Wildman–Crippen LogP) is 3.75. The highest BCUT2D eigenvalue weighted by Crippen LogP contribution is 2.32. The van der Waals surface area contributed by atoms with Crippen LogP contribution in [-0.4, -0.2) is 43.0 Å². The molecule has 2 rings (SSSR count). The molecule has 1 aromatic rings. The summed E-state index contributed by atoms with van der Waals surface area (Å²) < 4.78 is 51.6. The fraction of sp³-hybridized carbons (Fsp3) is 0.571. The number of hydrogen-bond acceptors (Lipinski definition) is 2. The molecule has 1 saturated heterocycles. The Kier molecular flexibility index (Phi) is 5.48. The van der Waals surface area contributed by atoms with Gasteiger partial charge in [-0.3, -0.25) is 0 Å². The Balaban J connectivity index is 2.11. The maximum atomic E-state index is 14.0. The Morgan fingerprint density at radius 3 is 2.48 bits per heavy atom. The molecular weight excluding hydrogens is 352 g/mol. The molecule has 21 heavy (non-hydrogen) atoms. The Bertz CT molecular complexity index is 479. The van der Waals surface area contributed by atoms with Crippen molar-refractivity contribution in [2.45, 2.75) is 12.6 Å². The summed E-state index contributed by atoms with van der Waals surface area (Å²) in [6.45, 7) is 3.90. The molecule has 1 aliphatic heterocycles. The summed E-state index contributed by atoms with van der Waals surface area (Å²) in [7, 11) is 0. The highest BCUT2D eigenvalue weighted by Gasteiger charge is 2.31. The summed E-state index contributed by atoms with van der Waals surface area (Å²) in [4.78, 5) is 4.08. The number of halogens is 5. The van der Waals surface area contributed by atoms with Crippen LogP contribution < -0.4 is 4.90 Å². The molecule has 0 spiro atoms. The summed E-state index contributed by atoms with van der Waals surface area (Å²) in [5, 5.41) is 0.877. The van der Waals surface area contributed by atoms with Crippen molar-refractivity contribution < 1.29 is 17.6 Å². The van der Waals surface area contributed by atoms with Gasteiger partial charge in [0.25, 0.3) is 0 Å². The number of benzene rings is 1. The largest absolute Gasteiger partial charge is 0.416 e. The minimum absolute atomic E-state index is 0.253. The zero-order valence-electron chi connectivity index (χ0n) is 11.5. The van der Waals surface area contributed by atoms with Crippen LogP contribution in [0.2, 0.25) is 0 Å². The molecule has 0 radical (unpaired) electrons. The van der Waals surface area contributed by atoms with Crippen molar-refractivity contribution in [3.05, 3.63) is 29.6 Å². The molecule has 0 unspecified atom stereocenters. The van der Waals surface area contributed by atoms with E-state index in [1.807, 2.05) is 4.90 Å². The molecule has 0 saturated carbocycles. The van der Waals surface area contributed by atoms with Crippen LogP contribution in [0.5, 0.6) is 0 Å². The lowest BCUT2D eigenvalue weighted by atomic mass is 10.1. The molecule has 1 aliphatic rings. The Morgan fingerprint density at radius 1 is 1.10 bits per heavy atom. The topological polar surface area (TPSA) is 6.48 Å². The number of anilines is 1. The lowest BCUT2D eigenvalue weighted by Gasteiger charge is -2.24. The van der Waals surface area contributed by atoms with Gasteiger partial charge in [-0.25, -0.2) is 4.39 Å². The molecule has 0 N–H and O–H groups in total. The van der Waals surface area contributed by atoms with Gasteiger partial charge >= 0.3 is 6.18 Å². The number of nitrogens with zero attached hydrogens (tertiary/aromatic N) is 2. The summed E-state index contributed by atoms with van der Waals surface area (Å²) in [6, 6.07) is 2.76. The first-order valence-electron chi connectivity index (χ1n) is 6.82. The molecule has 0 amide bonds. The van der Waals surface area contributed by atoms with Crippen molar-refractivity contribution in [1.82, 2.24) is 4.90 Å². The summed E-state index contributed by atoms with van der Waals surface area (Å²) in [6.07, 6.45) is -3.64. The van der Waals surface area contributed by atoms with Crippen LogP contribution in [-0.2, 0) is 6.18 Å². The van der Waals surface area contributed by atoms with E-state index in [4.69, 9.17) is 0 Å². The standard InChI is InChI=1S/C14H17BrF4N2/c15-4-7-20-5-1-6-21(9-8-20)13-3-2-11(10-12(13)16)14(17,18)19/h2-3,10H,1,4-9H2. The van der Waals surface area contributed by atoms with E-state index < -0.39 is 17.6 Å². The molecule has 1 aromatic carbocycles. The van der Waals surface area contributed by atoms with Crippen molar-refractivity contribution >= 4 is 21.6 Å². The van der Waals surface area contributed by atoms with Gasteiger partial charge in [-0.2, -0.15) is 13.2 Å². The molecule has 1 heterocycles. The van der Waals surface area contributed by atoms with Gasteiger partial charge in [0.1, 0.15) is 5.82 Å². The second-order valence-corrected chi connectivity index (χ2v) is 5.83. The van der Waals surface area contributed by atoms with E-state index in [0.29, 0.717) is 19.2 Å². The molecular formula is C14H17BrF4N2. The van der Waals surface area contributed by atoms with Gasteiger partial charge in [0.15, 0.2) is 0 Å². The van der Waals surface area contributed by atoms with Crippen molar-refractivity contribution in [2.75, 3.05) is 43.0 Å². The van der Waals surface area contributed by atoms with Gasteiger partial charge in [-0.15, -0.1) is 0 Å². The van der Waals surface area contributed by atoms with Gasteiger partial charge in [-0.05, 0) is 31.2 Å². The highest BCUT2D eigenvalue weighted by atomic mass is 79.9. The predicted molar refractivity (Wildman–Crippen MR) is 78.5 cm³/mol. The first-order chi connectivity index (χ1) is 9.91. The van der Waals surface area contributed by atoms with Gasteiger partial charge in [0, 0.05) is 31.5 Å². The average molecular weight is 369 g/mol. The van der Waals surface area contributed by atoms with E-state index >= 15 is 0 Å². The third kappa shape index (κ3) is 4.32. The molecule has 0 bridgehead atoms. The van der Waals surface area contributed by atoms with Crippen LogP contribution in [0.4, 0.5) is 23.2 Å². The Labute approximate surface area is 129 Å². The Hall–Kier alpha value is -0.820. The zero-order chi connectivity index (χ0) is 15.5. The molecule has 7 heteroatoms. The molecule has 1 fully saturated rings. The van der Waals surface area contributed by atoms with Crippen LogP contribution in [0.1, 0.15) is 12.0 Å². The van der Waals surface area contributed by atoms with Crippen LogP contribution in [0.3, 0.4) is 0 Å². The van der Waals surface area contributed by atoms with E-state index in [2.05, 4.69) is 20.8 Å². The normalized spacial score (nSPS) is 17.9. The Morgan fingerprint density at radius 2 is 1.86 bits per heavy atom. The smallest absolute Gasteiger partial charge is 0.368 e. The van der Waals surface area contributed by atoms with E-state index in [-0.39, 0.29) is 5.69 Å². The minimum Gasteiger partial charge on any atom is -0.368 e. The maximum Gasteiger partial charge on any atom is 0.416 e. The van der Waals surface area contributed by atoms with Crippen LogP contribution in [0.25, 0.3) is 0 Å². The minimum atomic E-state index is -4.51. The summed E-state index contributed by atoms with van der Waals surface area (Å²) in [5.74, 6) is -0.807. The average Bonchev–Trinajstić information content (AvgIpc) is 2.64. The van der Waals surface area contributed by atoms with Gasteiger partial charge in [0.05, 0.1) is 11.3 Å². The molecule has 0 aromatic heterocycles. The first kappa shape index (κ1) is 16.5. The summed E-state index contributed by atoms with van der Waals surface area (Å²) in [5.41, 5.74) is -0.692. The van der Waals surface area contributed by atoms with Gasteiger partial charge in [-0.1, -0.05) is 15.9 Å². The van der Waals surface area contributed by atoms with Crippen molar-refractivity contribution in [3.8, 4) is 0 Å². The van der Waals surface area contributed by atoms with E-state index in [9.17, 15) is 17.6 Å². The first-order valence-corrected chi connectivity index (χ1v) is 7.94. The van der Waals surface area contributed by atoms with Crippen molar-refractivity contribution in [3.63, 3.8) is 0 Å². The van der Waals surface area contributed by atoms with Crippen LogP contribution in [0, 0.1) is 5.82 Å². The molecule has 118 valence electrons. The van der Waals surface area contributed by atoms with E-state index in [1.54, 1.807) is 0 Å². The zero-order valence-corrected chi connectivity index (χ0v) is 13.1. The molecule has 0 aliphatic carbocycles. The van der Waals surface area contributed by atoms with Gasteiger partial charge < -0.3 is 9.80 Å². The summed E-state index contributed by atoms with van der Waals surface area (Å²) >= 11 is 3.39. The van der Waals surface area contributed by atoms with Crippen molar-refractivity contribution in [1.29, 1.82) is 0 Å². The van der Waals surface area contributed by atoms with Crippen LogP contribution in [0.15, 0.2) is 18.2 Å². The fourth-order valence-electron chi connectivity index (χ4n) is 2.49. The third-order valence-corrected chi connectivity index (χ3v) is 3.96. The van der Waals surface area contributed by atoms with Crippen LogP contribution >= 0.6 is 15.9 Å². The number of hydrogen-bond donors (Lipinski definition) is 0.